The van der Waals surface area contributed by atoms with Crippen LogP contribution in [-0.2, 0) is 6.42 Å². The van der Waals surface area contributed by atoms with Crippen molar-refractivity contribution in [1.82, 2.24) is 15.3 Å². The van der Waals surface area contributed by atoms with E-state index in [-0.39, 0.29) is 11.7 Å². The lowest BCUT2D eigenvalue weighted by molar-refractivity contribution is 0.0949. The number of H-pyrrole nitrogens is 1. The standard InChI is InChI=1S/C19H19N3O2S/c1-12-3-5-14(6-4-12)19-22-16(11-25-19)7-8-20-18(24)17-9-15(10-21-17)13(2)23/h3-6,9-11,21H,7-8H2,1-2H3,(H,20,24). The molecule has 2 aromatic heterocycles. The number of ketones is 1. The number of hydrogen-bond donors (Lipinski definition) is 2. The quantitative estimate of drug-likeness (QED) is 0.665. The summed E-state index contributed by atoms with van der Waals surface area (Å²) in [6.07, 6.45) is 2.21. The summed E-state index contributed by atoms with van der Waals surface area (Å²) in [6, 6.07) is 9.84. The SMILES string of the molecule is CC(=O)c1c[nH]c(C(=O)NCCc2csc(-c3ccc(C)cc3)n2)c1. The van der Waals surface area contributed by atoms with Gasteiger partial charge in [0.05, 0.1) is 5.69 Å². The molecule has 2 N–H and O–H groups in total. The van der Waals surface area contributed by atoms with E-state index < -0.39 is 0 Å². The maximum absolute atomic E-state index is 12.1. The lowest BCUT2D eigenvalue weighted by Crippen LogP contribution is -2.26. The smallest absolute Gasteiger partial charge is 0.267 e. The minimum Gasteiger partial charge on any atom is -0.356 e. The van der Waals surface area contributed by atoms with E-state index in [9.17, 15) is 9.59 Å². The zero-order chi connectivity index (χ0) is 17.8. The maximum atomic E-state index is 12.1. The predicted molar refractivity (Wildman–Crippen MR) is 99.1 cm³/mol. The molecule has 0 aliphatic heterocycles. The molecule has 0 aliphatic rings. The van der Waals surface area contributed by atoms with Gasteiger partial charge < -0.3 is 10.3 Å². The number of aryl methyl sites for hydroxylation is 1. The van der Waals surface area contributed by atoms with Crippen molar-refractivity contribution in [3.05, 3.63) is 64.4 Å². The molecule has 0 fully saturated rings. The number of rotatable bonds is 6. The average molecular weight is 353 g/mol. The van der Waals surface area contributed by atoms with Gasteiger partial charge in [-0.3, -0.25) is 9.59 Å². The number of aromatic amines is 1. The monoisotopic (exact) mass is 353 g/mol. The van der Waals surface area contributed by atoms with E-state index in [0.717, 1.165) is 16.3 Å². The number of thiazole rings is 1. The number of carbonyl (C=O) groups excluding carboxylic acids is 2. The van der Waals surface area contributed by atoms with Crippen molar-refractivity contribution in [2.75, 3.05) is 6.54 Å². The van der Waals surface area contributed by atoms with Crippen LogP contribution in [0.1, 0.15) is 39.0 Å². The summed E-state index contributed by atoms with van der Waals surface area (Å²) >= 11 is 1.60. The van der Waals surface area contributed by atoms with Crippen LogP contribution in [0.3, 0.4) is 0 Å². The largest absolute Gasteiger partial charge is 0.356 e. The van der Waals surface area contributed by atoms with Crippen LogP contribution in [0.25, 0.3) is 10.6 Å². The van der Waals surface area contributed by atoms with E-state index in [1.165, 1.54) is 12.5 Å². The molecule has 0 atom stereocenters. The van der Waals surface area contributed by atoms with Crippen molar-refractivity contribution in [2.45, 2.75) is 20.3 Å². The molecule has 0 saturated heterocycles. The highest BCUT2D eigenvalue weighted by atomic mass is 32.1. The number of nitrogens with zero attached hydrogens (tertiary/aromatic N) is 1. The van der Waals surface area contributed by atoms with Crippen LogP contribution in [0, 0.1) is 6.92 Å². The number of hydrogen-bond acceptors (Lipinski definition) is 4. The summed E-state index contributed by atoms with van der Waals surface area (Å²) < 4.78 is 0. The molecular formula is C19H19N3O2S. The topological polar surface area (TPSA) is 74.8 Å². The third kappa shape index (κ3) is 4.22. The third-order valence-electron chi connectivity index (χ3n) is 3.85. The Kier molecular flexibility index (Phi) is 5.09. The van der Waals surface area contributed by atoms with Gasteiger partial charge in [0.1, 0.15) is 10.7 Å². The minimum atomic E-state index is -0.221. The van der Waals surface area contributed by atoms with Crippen LogP contribution in [-0.4, -0.2) is 28.2 Å². The van der Waals surface area contributed by atoms with Gasteiger partial charge in [0.25, 0.3) is 5.91 Å². The fourth-order valence-electron chi connectivity index (χ4n) is 2.38. The van der Waals surface area contributed by atoms with Crippen molar-refractivity contribution in [1.29, 1.82) is 0 Å². The Morgan fingerprint density at radius 2 is 2.00 bits per heavy atom. The molecule has 0 aliphatic carbocycles. The van der Waals surface area contributed by atoms with E-state index in [0.29, 0.717) is 24.2 Å². The molecule has 1 aromatic carbocycles. The maximum Gasteiger partial charge on any atom is 0.267 e. The lowest BCUT2D eigenvalue weighted by Gasteiger charge is -2.02. The van der Waals surface area contributed by atoms with Gasteiger partial charge in [-0.2, -0.15) is 0 Å². The first-order valence-electron chi connectivity index (χ1n) is 8.02. The summed E-state index contributed by atoms with van der Waals surface area (Å²) in [5, 5.41) is 5.84. The summed E-state index contributed by atoms with van der Waals surface area (Å²) in [4.78, 5) is 30.8. The molecule has 25 heavy (non-hydrogen) atoms. The van der Waals surface area contributed by atoms with Gasteiger partial charge >= 0.3 is 0 Å². The summed E-state index contributed by atoms with van der Waals surface area (Å²) in [5.74, 6) is -0.289. The van der Waals surface area contributed by atoms with E-state index in [2.05, 4.69) is 46.5 Å². The van der Waals surface area contributed by atoms with Gasteiger partial charge in [-0.1, -0.05) is 29.8 Å². The Balaban J connectivity index is 1.54. The number of carbonyl (C=O) groups is 2. The van der Waals surface area contributed by atoms with Crippen molar-refractivity contribution in [3.63, 3.8) is 0 Å². The van der Waals surface area contributed by atoms with Crippen LogP contribution >= 0.6 is 11.3 Å². The first kappa shape index (κ1) is 17.1. The average Bonchev–Trinajstić information content (AvgIpc) is 3.25. The molecule has 128 valence electrons. The third-order valence-corrected chi connectivity index (χ3v) is 4.79. The number of benzene rings is 1. The molecule has 1 amide bonds. The van der Waals surface area contributed by atoms with E-state index in [1.807, 2.05) is 5.38 Å². The van der Waals surface area contributed by atoms with Crippen molar-refractivity contribution < 1.29 is 9.59 Å². The molecule has 6 heteroatoms. The van der Waals surface area contributed by atoms with Crippen LogP contribution in [0.2, 0.25) is 0 Å². The highest BCUT2D eigenvalue weighted by molar-refractivity contribution is 7.13. The van der Waals surface area contributed by atoms with E-state index in [4.69, 9.17) is 0 Å². The highest BCUT2D eigenvalue weighted by Gasteiger charge is 2.11. The Morgan fingerprint density at radius 1 is 1.24 bits per heavy atom. The second kappa shape index (κ2) is 7.44. The zero-order valence-corrected chi connectivity index (χ0v) is 14.9. The van der Waals surface area contributed by atoms with Crippen LogP contribution in [0.15, 0.2) is 41.9 Å². The van der Waals surface area contributed by atoms with E-state index in [1.54, 1.807) is 23.6 Å². The second-order valence-electron chi connectivity index (χ2n) is 5.87. The van der Waals surface area contributed by atoms with Crippen molar-refractivity contribution in [2.24, 2.45) is 0 Å². The number of nitrogens with one attached hydrogen (secondary N) is 2. The summed E-state index contributed by atoms with van der Waals surface area (Å²) in [6.45, 7) is 4.02. The summed E-state index contributed by atoms with van der Waals surface area (Å²) in [5.41, 5.74) is 4.18. The minimum absolute atomic E-state index is 0.0681. The molecule has 3 rings (SSSR count). The lowest BCUT2D eigenvalue weighted by atomic mass is 10.2. The van der Waals surface area contributed by atoms with Crippen LogP contribution < -0.4 is 5.32 Å². The highest BCUT2D eigenvalue weighted by Crippen LogP contribution is 2.24. The van der Waals surface area contributed by atoms with Gasteiger partial charge in [-0.05, 0) is 19.9 Å². The Hall–Kier alpha value is -2.73. The normalized spacial score (nSPS) is 10.6. The first-order valence-corrected chi connectivity index (χ1v) is 8.90. The molecule has 0 bridgehead atoms. The molecule has 0 saturated carbocycles. The van der Waals surface area contributed by atoms with Gasteiger partial charge in [0, 0.05) is 35.7 Å². The molecular weight excluding hydrogens is 334 g/mol. The first-order chi connectivity index (χ1) is 12.0. The molecule has 0 radical (unpaired) electrons. The van der Waals surface area contributed by atoms with Gasteiger partial charge in [0.15, 0.2) is 5.78 Å². The van der Waals surface area contributed by atoms with E-state index >= 15 is 0 Å². The van der Waals surface area contributed by atoms with Gasteiger partial charge in [0.2, 0.25) is 0 Å². The van der Waals surface area contributed by atoms with Crippen LogP contribution in [0.4, 0.5) is 0 Å². The number of amides is 1. The fraction of sp³-hybridized carbons (Fsp3) is 0.211. The Bertz CT molecular complexity index is 894. The molecule has 0 unspecified atom stereocenters. The Labute approximate surface area is 150 Å². The Morgan fingerprint density at radius 3 is 2.68 bits per heavy atom. The van der Waals surface area contributed by atoms with Gasteiger partial charge in [-0.15, -0.1) is 11.3 Å². The molecule has 2 heterocycles. The number of Topliss-reactive ketones (excluding diaryl/α,β-unsaturated/α-hetero) is 1. The molecule has 5 nitrogen and oxygen atoms in total. The van der Waals surface area contributed by atoms with Crippen molar-refractivity contribution in [3.8, 4) is 10.6 Å². The summed E-state index contributed by atoms with van der Waals surface area (Å²) in [7, 11) is 0. The zero-order valence-electron chi connectivity index (χ0n) is 14.1. The van der Waals surface area contributed by atoms with Gasteiger partial charge in [-0.25, -0.2) is 4.98 Å². The molecule has 0 spiro atoms. The van der Waals surface area contributed by atoms with Crippen LogP contribution in [0.5, 0.6) is 0 Å². The predicted octanol–water partition coefficient (Wildman–Crippen LogP) is 3.62. The fourth-order valence-corrected chi connectivity index (χ4v) is 3.24. The number of aromatic nitrogens is 2. The second-order valence-corrected chi connectivity index (χ2v) is 6.73. The van der Waals surface area contributed by atoms with Crippen molar-refractivity contribution >= 4 is 23.0 Å². The molecule has 3 aromatic rings.